The summed E-state index contributed by atoms with van der Waals surface area (Å²) in [7, 11) is -1.24. The molecule has 0 saturated carbocycles. The van der Waals surface area contributed by atoms with Crippen LogP contribution < -0.4 is 0 Å². The molecule has 1 aliphatic heterocycles. The van der Waals surface area contributed by atoms with Gasteiger partial charge >= 0.3 is 8.60 Å². The quantitative estimate of drug-likeness (QED) is 0.788. The first kappa shape index (κ1) is 13.7. The predicted octanol–water partition coefficient (Wildman–Crippen LogP) is 4.22. The second-order valence-electron chi connectivity index (χ2n) is 4.61. The molecule has 0 spiro atoms. The van der Waals surface area contributed by atoms with Crippen LogP contribution in [0.2, 0.25) is 0 Å². The summed E-state index contributed by atoms with van der Waals surface area (Å²) in [5, 5.41) is 0. The van der Waals surface area contributed by atoms with Crippen molar-refractivity contribution in [2.45, 2.75) is 19.6 Å². The van der Waals surface area contributed by atoms with E-state index in [0.717, 1.165) is 6.42 Å². The molecule has 0 bridgehead atoms. The Morgan fingerprint density at radius 2 is 1.45 bits per heavy atom. The monoisotopic (exact) mass is 288 g/mol. The van der Waals surface area contributed by atoms with Crippen molar-refractivity contribution < 1.29 is 13.6 Å². The molecule has 0 atom stereocenters. The highest BCUT2D eigenvalue weighted by Crippen LogP contribution is 2.44. The molecule has 4 heteroatoms. The van der Waals surface area contributed by atoms with E-state index in [4.69, 9.17) is 13.6 Å². The summed E-state index contributed by atoms with van der Waals surface area (Å²) < 4.78 is 17.1. The van der Waals surface area contributed by atoms with Gasteiger partial charge in [-0.1, -0.05) is 54.6 Å². The normalized spacial score (nSPS) is 15.6. The second kappa shape index (κ2) is 6.96. The van der Waals surface area contributed by atoms with Crippen LogP contribution >= 0.6 is 8.60 Å². The summed E-state index contributed by atoms with van der Waals surface area (Å²) in [5.74, 6) is 0. The van der Waals surface area contributed by atoms with Crippen LogP contribution in [0.25, 0.3) is 0 Å². The SMILES string of the molecule is c1ccc(CCOP2OCc3ccccc3CO2)cc1. The first-order chi connectivity index (χ1) is 9.92. The van der Waals surface area contributed by atoms with Crippen molar-refractivity contribution in [3.63, 3.8) is 0 Å². The van der Waals surface area contributed by atoms with Gasteiger partial charge in [0, 0.05) is 0 Å². The number of rotatable bonds is 4. The molecule has 0 saturated heterocycles. The molecular weight excluding hydrogens is 271 g/mol. The lowest BCUT2D eigenvalue weighted by Gasteiger charge is -2.13. The Kier molecular flexibility index (Phi) is 4.77. The van der Waals surface area contributed by atoms with Gasteiger partial charge in [0.1, 0.15) is 0 Å². The van der Waals surface area contributed by atoms with Crippen LogP contribution in [0, 0.1) is 0 Å². The van der Waals surface area contributed by atoms with Crippen molar-refractivity contribution in [3.05, 3.63) is 71.3 Å². The number of fused-ring (bicyclic) bond motifs is 1. The van der Waals surface area contributed by atoms with Crippen LogP contribution in [0.1, 0.15) is 16.7 Å². The molecule has 3 rings (SSSR count). The van der Waals surface area contributed by atoms with E-state index in [1.165, 1.54) is 16.7 Å². The molecule has 1 heterocycles. The summed E-state index contributed by atoms with van der Waals surface area (Å²) in [5.41, 5.74) is 3.63. The van der Waals surface area contributed by atoms with Crippen molar-refractivity contribution in [1.82, 2.24) is 0 Å². The van der Waals surface area contributed by atoms with Crippen LogP contribution in [0.4, 0.5) is 0 Å². The average Bonchev–Trinajstić information content (AvgIpc) is 2.71. The van der Waals surface area contributed by atoms with E-state index >= 15 is 0 Å². The maximum absolute atomic E-state index is 5.72. The van der Waals surface area contributed by atoms with Gasteiger partial charge in [0.15, 0.2) is 0 Å². The van der Waals surface area contributed by atoms with Crippen molar-refractivity contribution >= 4 is 8.60 Å². The van der Waals surface area contributed by atoms with Crippen LogP contribution in [0.15, 0.2) is 54.6 Å². The van der Waals surface area contributed by atoms with E-state index < -0.39 is 8.60 Å². The zero-order valence-electron chi connectivity index (χ0n) is 11.2. The summed E-state index contributed by atoms with van der Waals surface area (Å²) in [6.45, 7) is 1.74. The fraction of sp³-hybridized carbons (Fsp3) is 0.250. The molecule has 0 aliphatic carbocycles. The van der Waals surface area contributed by atoms with Crippen molar-refractivity contribution in [1.29, 1.82) is 0 Å². The Bertz CT molecular complexity index is 517. The van der Waals surface area contributed by atoms with E-state index in [1.54, 1.807) is 0 Å². The summed E-state index contributed by atoms with van der Waals surface area (Å²) in [6, 6.07) is 18.5. The predicted molar refractivity (Wildman–Crippen MR) is 79.0 cm³/mol. The van der Waals surface area contributed by atoms with Gasteiger partial charge in [-0.3, -0.25) is 0 Å². The largest absolute Gasteiger partial charge is 0.333 e. The molecule has 2 aromatic rings. The number of hydrogen-bond donors (Lipinski definition) is 0. The molecule has 0 radical (unpaired) electrons. The number of hydrogen-bond acceptors (Lipinski definition) is 3. The molecule has 0 aromatic heterocycles. The van der Waals surface area contributed by atoms with Gasteiger partial charge < -0.3 is 13.6 Å². The molecule has 0 N–H and O–H groups in total. The number of benzene rings is 2. The average molecular weight is 288 g/mol. The van der Waals surface area contributed by atoms with E-state index in [9.17, 15) is 0 Å². The van der Waals surface area contributed by atoms with Gasteiger partial charge in [0.25, 0.3) is 0 Å². The van der Waals surface area contributed by atoms with Crippen LogP contribution in [-0.2, 0) is 33.2 Å². The van der Waals surface area contributed by atoms with Gasteiger partial charge in [-0.2, -0.15) is 0 Å². The lowest BCUT2D eigenvalue weighted by Crippen LogP contribution is -1.97. The first-order valence-electron chi connectivity index (χ1n) is 6.71. The maximum Gasteiger partial charge on any atom is 0.333 e. The lowest BCUT2D eigenvalue weighted by molar-refractivity contribution is 0.161. The third kappa shape index (κ3) is 3.65. The lowest BCUT2D eigenvalue weighted by atomic mass is 10.1. The van der Waals surface area contributed by atoms with E-state index in [1.807, 2.05) is 30.3 Å². The third-order valence-electron chi connectivity index (χ3n) is 3.20. The van der Waals surface area contributed by atoms with Crippen LogP contribution in [-0.4, -0.2) is 6.61 Å². The Morgan fingerprint density at radius 3 is 2.10 bits per heavy atom. The standard InChI is InChI=1S/C16H17O3P/c1-2-6-14(7-3-1)10-11-17-20-18-12-15-8-4-5-9-16(15)13-19-20/h1-9H,10-13H2. The van der Waals surface area contributed by atoms with Gasteiger partial charge in [-0.15, -0.1) is 0 Å². The molecule has 0 unspecified atom stereocenters. The van der Waals surface area contributed by atoms with Gasteiger partial charge in [0.05, 0.1) is 19.8 Å². The van der Waals surface area contributed by atoms with Crippen LogP contribution in [0.3, 0.4) is 0 Å². The molecule has 3 nitrogen and oxygen atoms in total. The fourth-order valence-corrected chi connectivity index (χ4v) is 3.03. The topological polar surface area (TPSA) is 27.7 Å². The van der Waals surface area contributed by atoms with Crippen molar-refractivity contribution in [3.8, 4) is 0 Å². The fourth-order valence-electron chi connectivity index (χ4n) is 2.08. The Balaban J connectivity index is 1.48. The molecule has 20 heavy (non-hydrogen) atoms. The summed E-state index contributed by atoms with van der Waals surface area (Å²) in [4.78, 5) is 0. The third-order valence-corrected chi connectivity index (χ3v) is 4.27. The van der Waals surface area contributed by atoms with E-state index in [2.05, 4.69) is 24.3 Å². The molecular formula is C16H17O3P. The van der Waals surface area contributed by atoms with E-state index in [-0.39, 0.29) is 0 Å². The molecule has 104 valence electrons. The Labute approximate surface area is 120 Å². The highest BCUT2D eigenvalue weighted by molar-refractivity contribution is 7.41. The molecule has 0 fully saturated rings. The maximum atomic E-state index is 5.72. The van der Waals surface area contributed by atoms with Crippen LogP contribution in [0.5, 0.6) is 0 Å². The molecule has 2 aromatic carbocycles. The molecule has 1 aliphatic rings. The first-order valence-corrected chi connectivity index (χ1v) is 7.81. The minimum atomic E-state index is -1.24. The summed E-state index contributed by atoms with van der Waals surface area (Å²) in [6.07, 6.45) is 0.874. The van der Waals surface area contributed by atoms with Gasteiger partial charge in [-0.05, 0) is 23.1 Å². The zero-order chi connectivity index (χ0) is 13.6. The smallest absolute Gasteiger partial charge is 0.312 e. The van der Waals surface area contributed by atoms with E-state index in [0.29, 0.717) is 19.8 Å². The minimum Gasteiger partial charge on any atom is -0.312 e. The van der Waals surface area contributed by atoms with Crippen molar-refractivity contribution in [2.75, 3.05) is 6.61 Å². The highest BCUT2D eigenvalue weighted by Gasteiger charge is 2.18. The van der Waals surface area contributed by atoms with Gasteiger partial charge in [0.2, 0.25) is 0 Å². The summed E-state index contributed by atoms with van der Waals surface area (Å²) >= 11 is 0. The second-order valence-corrected chi connectivity index (χ2v) is 5.83. The Morgan fingerprint density at radius 1 is 0.850 bits per heavy atom. The zero-order valence-corrected chi connectivity index (χ0v) is 12.1. The Hall–Kier alpha value is -1.25. The highest BCUT2D eigenvalue weighted by atomic mass is 31.2. The molecule has 0 amide bonds. The minimum absolute atomic E-state index is 0.563. The van der Waals surface area contributed by atoms with Gasteiger partial charge in [-0.25, -0.2) is 0 Å². The van der Waals surface area contributed by atoms with Crippen molar-refractivity contribution in [2.24, 2.45) is 0 Å².